The molecule has 0 amide bonds. The third-order valence-electron chi connectivity index (χ3n) is 2.55. The topological polar surface area (TPSA) is 49.8 Å². The van der Waals surface area contributed by atoms with Gasteiger partial charge in [-0.25, -0.2) is 9.97 Å². The molecule has 0 spiro atoms. The smallest absolute Gasteiger partial charge is 0.135 e. The zero-order valence-electron chi connectivity index (χ0n) is 8.67. The Hall–Kier alpha value is -1.16. The molecular formula is C10H16N4. The standard InChI is InChI=1S/C10H16N4/c1-7-5-9(11-2)14-10(13-7)8-3-4-12-6-8/h5,8,12H,3-4,6H2,1-2H3,(H,11,13,14). The number of aromatic nitrogens is 2. The van der Waals surface area contributed by atoms with Gasteiger partial charge < -0.3 is 10.6 Å². The number of nitrogens with zero attached hydrogens (tertiary/aromatic N) is 2. The van der Waals surface area contributed by atoms with Gasteiger partial charge in [0.25, 0.3) is 0 Å². The van der Waals surface area contributed by atoms with Crippen molar-refractivity contribution < 1.29 is 0 Å². The van der Waals surface area contributed by atoms with Gasteiger partial charge >= 0.3 is 0 Å². The Balaban J connectivity index is 2.27. The summed E-state index contributed by atoms with van der Waals surface area (Å²) in [6.45, 7) is 4.10. The van der Waals surface area contributed by atoms with Gasteiger partial charge in [-0.05, 0) is 19.9 Å². The van der Waals surface area contributed by atoms with E-state index in [0.29, 0.717) is 5.92 Å². The molecule has 0 radical (unpaired) electrons. The molecule has 1 unspecified atom stereocenters. The van der Waals surface area contributed by atoms with Crippen LogP contribution >= 0.6 is 0 Å². The highest BCUT2D eigenvalue weighted by Gasteiger charge is 2.19. The first kappa shape index (κ1) is 9.40. The lowest BCUT2D eigenvalue weighted by molar-refractivity contribution is 0.698. The molecule has 2 N–H and O–H groups in total. The van der Waals surface area contributed by atoms with E-state index in [4.69, 9.17) is 0 Å². The minimum absolute atomic E-state index is 0.488. The summed E-state index contributed by atoms with van der Waals surface area (Å²) in [5.74, 6) is 2.38. The number of aryl methyl sites for hydroxylation is 1. The SMILES string of the molecule is CNc1cc(C)nc(C2CCNC2)n1. The van der Waals surface area contributed by atoms with Crippen LogP contribution < -0.4 is 10.6 Å². The molecule has 2 heterocycles. The molecular weight excluding hydrogens is 176 g/mol. The van der Waals surface area contributed by atoms with E-state index in [-0.39, 0.29) is 0 Å². The Morgan fingerprint density at radius 3 is 3.00 bits per heavy atom. The van der Waals surface area contributed by atoms with Crippen LogP contribution in [-0.4, -0.2) is 30.1 Å². The molecule has 1 aromatic heterocycles. The van der Waals surface area contributed by atoms with Gasteiger partial charge in [0.1, 0.15) is 11.6 Å². The molecule has 0 aromatic carbocycles. The molecule has 0 aliphatic carbocycles. The van der Waals surface area contributed by atoms with Crippen molar-refractivity contribution >= 4 is 5.82 Å². The molecule has 0 bridgehead atoms. The molecule has 4 nitrogen and oxygen atoms in total. The second kappa shape index (κ2) is 3.92. The monoisotopic (exact) mass is 192 g/mol. The van der Waals surface area contributed by atoms with Crippen LogP contribution in [0.1, 0.15) is 23.9 Å². The van der Waals surface area contributed by atoms with E-state index in [0.717, 1.165) is 36.8 Å². The van der Waals surface area contributed by atoms with E-state index in [2.05, 4.69) is 20.6 Å². The normalized spacial score (nSPS) is 21.1. The summed E-state index contributed by atoms with van der Waals surface area (Å²) < 4.78 is 0. The summed E-state index contributed by atoms with van der Waals surface area (Å²) in [5, 5.41) is 6.39. The van der Waals surface area contributed by atoms with Gasteiger partial charge in [0.15, 0.2) is 0 Å². The van der Waals surface area contributed by atoms with E-state index in [1.165, 1.54) is 0 Å². The van der Waals surface area contributed by atoms with Crippen molar-refractivity contribution in [1.82, 2.24) is 15.3 Å². The maximum Gasteiger partial charge on any atom is 0.135 e. The van der Waals surface area contributed by atoms with Crippen molar-refractivity contribution in [2.45, 2.75) is 19.3 Å². The first-order valence-electron chi connectivity index (χ1n) is 5.03. The van der Waals surface area contributed by atoms with Crippen LogP contribution in [0.15, 0.2) is 6.07 Å². The molecule has 4 heteroatoms. The lowest BCUT2D eigenvalue weighted by Crippen LogP contribution is -2.11. The Morgan fingerprint density at radius 2 is 2.36 bits per heavy atom. The van der Waals surface area contributed by atoms with E-state index >= 15 is 0 Å². The number of nitrogens with one attached hydrogen (secondary N) is 2. The molecule has 2 rings (SSSR count). The Bertz CT molecular complexity index is 318. The number of hydrogen-bond donors (Lipinski definition) is 2. The van der Waals surface area contributed by atoms with Gasteiger partial charge in [0.05, 0.1) is 0 Å². The van der Waals surface area contributed by atoms with Crippen LogP contribution in [0.5, 0.6) is 0 Å². The summed E-state index contributed by atoms with van der Waals surface area (Å²) in [5.41, 5.74) is 1.03. The zero-order chi connectivity index (χ0) is 9.97. The van der Waals surface area contributed by atoms with E-state index < -0.39 is 0 Å². The van der Waals surface area contributed by atoms with Gasteiger partial charge in [-0.3, -0.25) is 0 Å². The highest BCUT2D eigenvalue weighted by molar-refractivity contribution is 5.35. The van der Waals surface area contributed by atoms with Gasteiger partial charge in [-0.15, -0.1) is 0 Å². The molecule has 1 atom stereocenters. The summed E-state index contributed by atoms with van der Waals surface area (Å²) in [6, 6.07) is 1.96. The van der Waals surface area contributed by atoms with Crippen molar-refractivity contribution in [3.8, 4) is 0 Å². The number of hydrogen-bond acceptors (Lipinski definition) is 4. The average Bonchev–Trinajstić information content (AvgIpc) is 2.69. The maximum absolute atomic E-state index is 4.47. The maximum atomic E-state index is 4.47. The zero-order valence-corrected chi connectivity index (χ0v) is 8.67. The second-order valence-corrected chi connectivity index (χ2v) is 3.69. The van der Waals surface area contributed by atoms with E-state index in [9.17, 15) is 0 Å². The summed E-state index contributed by atoms with van der Waals surface area (Å²) >= 11 is 0. The van der Waals surface area contributed by atoms with Gasteiger partial charge in [-0.1, -0.05) is 0 Å². The number of rotatable bonds is 2. The largest absolute Gasteiger partial charge is 0.373 e. The van der Waals surface area contributed by atoms with Crippen molar-refractivity contribution in [2.24, 2.45) is 0 Å². The minimum Gasteiger partial charge on any atom is -0.373 e. The fourth-order valence-electron chi connectivity index (χ4n) is 1.78. The Labute approximate surface area is 84.2 Å². The fourth-order valence-corrected chi connectivity index (χ4v) is 1.78. The molecule has 1 aliphatic rings. The summed E-state index contributed by atoms with van der Waals surface area (Å²) in [6.07, 6.45) is 1.15. The van der Waals surface area contributed by atoms with Crippen molar-refractivity contribution in [1.29, 1.82) is 0 Å². The molecule has 76 valence electrons. The van der Waals surface area contributed by atoms with Crippen LogP contribution in [0.4, 0.5) is 5.82 Å². The van der Waals surface area contributed by atoms with Crippen LogP contribution in [0, 0.1) is 6.92 Å². The van der Waals surface area contributed by atoms with Gasteiger partial charge in [0.2, 0.25) is 0 Å². The predicted octanol–water partition coefficient (Wildman–Crippen LogP) is 0.904. The second-order valence-electron chi connectivity index (χ2n) is 3.69. The lowest BCUT2D eigenvalue weighted by Gasteiger charge is -2.09. The highest BCUT2D eigenvalue weighted by atomic mass is 15.0. The van der Waals surface area contributed by atoms with Crippen LogP contribution in [-0.2, 0) is 0 Å². The molecule has 1 fully saturated rings. The molecule has 1 aliphatic heterocycles. The number of anilines is 1. The van der Waals surface area contributed by atoms with Gasteiger partial charge in [0, 0.05) is 31.3 Å². The van der Waals surface area contributed by atoms with Crippen LogP contribution in [0.3, 0.4) is 0 Å². The van der Waals surface area contributed by atoms with Crippen LogP contribution in [0.25, 0.3) is 0 Å². The van der Waals surface area contributed by atoms with Crippen molar-refractivity contribution in [3.63, 3.8) is 0 Å². The van der Waals surface area contributed by atoms with Crippen LogP contribution in [0.2, 0.25) is 0 Å². The lowest BCUT2D eigenvalue weighted by atomic mass is 10.1. The molecule has 1 saturated heterocycles. The third kappa shape index (κ3) is 1.85. The molecule has 1 aromatic rings. The quantitative estimate of drug-likeness (QED) is 0.731. The summed E-state index contributed by atoms with van der Waals surface area (Å²) in [4.78, 5) is 8.94. The summed E-state index contributed by atoms with van der Waals surface area (Å²) in [7, 11) is 1.89. The van der Waals surface area contributed by atoms with Gasteiger partial charge in [-0.2, -0.15) is 0 Å². The Morgan fingerprint density at radius 1 is 1.50 bits per heavy atom. The highest BCUT2D eigenvalue weighted by Crippen LogP contribution is 2.20. The fraction of sp³-hybridized carbons (Fsp3) is 0.600. The first-order valence-corrected chi connectivity index (χ1v) is 5.03. The van der Waals surface area contributed by atoms with E-state index in [1.54, 1.807) is 0 Å². The Kier molecular flexibility index (Phi) is 2.63. The third-order valence-corrected chi connectivity index (χ3v) is 2.55. The van der Waals surface area contributed by atoms with Crippen molar-refractivity contribution in [2.75, 3.05) is 25.5 Å². The minimum atomic E-state index is 0.488. The average molecular weight is 192 g/mol. The van der Waals surface area contributed by atoms with Crippen molar-refractivity contribution in [3.05, 3.63) is 17.6 Å². The first-order chi connectivity index (χ1) is 6.79. The molecule has 0 saturated carbocycles. The molecule has 14 heavy (non-hydrogen) atoms. The van der Waals surface area contributed by atoms with E-state index in [1.807, 2.05) is 20.0 Å². The predicted molar refractivity (Wildman–Crippen MR) is 56.5 cm³/mol.